The summed E-state index contributed by atoms with van der Waals surface area (Å²) in [6.45, 7) is 10.1. The minimum absolute atomic E-state index is 0.0106. The summed E-state index contributed by atoms with van der Waals surface area (Å²) < 4.78 is 10.9. The van der Waals surface area contributed by atoms with Gasteiger partial charge in [0, 0.05) is 38.4 Å². The molecule has 19 heavy (non-hydrogen) atoms. The number of hydrogen-bond donors (Lipinski definition) is 1. The molecule has 0 heterocycles. The Morgan fingerprint density at radius 1 is 0.947 bits per heavy atom. The fourth-order valence-corrected chi connectivity index (χ4v) is 2.81. The van der Waals surface area contributed by atoms with E-state index in [1.54, 1.807) is 0 Å². The van der Waals surface area contributed by atoms with Crippen LogP contribution in [0.1, 0.15) is 46.0 Å². The maximum absolute atomic E-state index is 6.55. The van der Waals surface area contributed by atoms with Crippen molar-refractivity contribution in [1.29, 1.82) is 0 Å². The molecule has 2 N–H and O–H groups in total. The zero-order chi connectivity index (χ0) is 14.0. The predicted molar refractivity (Wildman–Crippen MR) is 79.4 cm³/mol. The largest absolute Gasteiger partial charge is 0.380 e. The van der Waals surface area contributed by atoms with E-state index >= 15 is 0 Å². The van der Waals surface area contributed by atoms with Crippen molar-refractivity contribution >= 4 is 0 Å². The van der Waals surface area contributed by atoms with Gasteiger partial charge in [0.1, 0.15) is 0 Å². The molecule has 0 aliphatic heterocycles. The van der Waals surface area contributed by atoms with Crippen LogP contribution in [0.3, 0.4) is 0 Å². The lowest BCUT2D eigenvalue weighted by Crippen LogP contribution is -2.52. The van der Waals surface area contributed by atoms with Crippen LogP contribution in [0.15, 0.2) is 0 Å². The van der Waals surface area contributed by atoms with Crippen LogP contribution in [0.25, 0.3) is 0 Å². The summed E-state index contributed by atoms with van der Waals surface area (Å²) in [4.78, 5) is 2.41. The van der Waals surface area contributed by atoms with E-state index in [2.05, 4.69) is 4.90 Å². The lowest BCUT2D eigenvalue weighted by atomic mass is 9.82. The summed E-state index contributed by atoms with van der Waals surface area (Å²) in [5, 5.41) is 0. The Hall–Kier alpha value is -0.160. The van der Waals surface area contributed by atoms with Crippen molar-refractivity contribution in [3.05, 3.63) is 0 Å². The third-order valence-electron chi connectivity index (χ3n) is 3.90. The second-order valence-corrected chi connectivity index (χ2v) is 5.59. The van der Waals surface area contributed by atoms with E-state index in [0.717, 1.165) is 58.9 Å². The van der Waals surface area contributed by atoms with E-state index in [-0.39, 0.29) is 5.54 Å². The van der Waals surface area contributed by atoms with E-state index < -0.39 is 0 Å². The monoisotopic (exact) mass is 272 g/mol. The van der Waals surface area contributed by atoms with Crippen LogP contribution in [-0.4, -0.2) is 56.5 Å². The van der Waals surface area contributed by atoms with Crippen LogP contribution in [0.4, 0.5) is 0 Å². The summed E-state index contributed by atoms with van der Waals surface area (Å²) >= 11 is 0. The van der Waals surface area contributed by atoms with Crippen molar-refractivity contribution in [2.45, 2.75) is 51.5 Å². The highest BCUT2D eigenvalue weighted by Crippen LogP contribution is 2.26. The van der Waals surface area contributed by atoms with E-state index in [9.17, 15) is 0 Å². The molecule has 0 radical (unpaired) electrons. The normalized spacial score (nSPS) is 18.9. The second kappa shape index (κ2) is 9.70. The number of rotatable bonds is 10. The molecule has 0 saturated heterocycles. The quantitative estimate of drug-likeness (QED) is 0.618. The molecule has 1 fully saturated rings. The van der Waals surface area contributed by atoms with Crippen LogP contribution in [-0.2, 0) is 9.47 Å². The maximum atomic E-state index is 6.55. The van der Waals surface area contributed by atoms with Crippen LogP contribution in [0, 0.1) is 0 Å². The highest BCUT2D eigenvalue weighted by atomic mass is 16.5. The van der Waals surface area contributed by atoms with Gasteiger partial charge >= 0.3 is 0 Å². The Labute approximate surface area is 118 Å². The van der Waals surface area contributed by atoms with Gasteiger partial charge in [0.2, 0.25) is 0 Å². The highest BCUT2D eigenvalue weighted by Gasteiger charge is 2.29. The van der Waals surface area contributed by atoms with Crippen molar-refractivity contribution in [3.8, 4) is 0 Å². The summed E-state index contributed by atoms with van der Waals surface area (Å²) in [5.74, 6) is 0. The van der Waals surface area contributed by atoms with E-state index in [0.29, 0.717) is 0 Å². The van der Waals surface area contributed by atoms with Gasteiger partial charge in [0.25, 0.3) is 0 Å². The van der Waals surface area contributed by atoms with Gasteiger partial charge in [-0.3, -0.25) is 4.90 Å². The molecule has 114 valence electrons. The Bertz CT molecular complexity index is 208. The maximum Gasteiger partial charge on any atom is 0.0593 e. The molecule has 0 aromatic rings. The van der Waals surface area contributed by atoms with E-state index in [1.165, 1.54) is 19.3 Å². The summed E-state index contributed by atoms with van der Waals surface area (Å²) in [6.07, 6.45) is 6.22. The van der Waals surface area contributed by atoms with Crippen molar-refractivity contribution in [2.24, 2.45) is 5.73 Å². The van der Waals surface area contributed by atoms with Gasteiger partial charge in [0.05, 0.1) is 13.2 Å². The van der Waals surface area contributed by atoms with Crippen molar-refractivity contribution in [1.82, 2.24) is 4.90 Å². The Kier molecular flexibility index (Phi) is 8.62. The first-order chi connectivity index (χ1) is 9.20. The first-order valence-electron chi connectivity index (χ1n) is 7.87. The minimum atomic E-state index is 0.0106. The number of nitrogens with two attached hydrogens (primary N) is 1. The zero-order valence-corrected chi connectivity index (χ0v) is 12.8. The first kappa shape index (κ1) is 16.9. The van der Waals surface area contributed by atoms with Crippen LogP contribution >= 0.6 is 0 Å². The van der Waals surface area contributed by atoms with E-state index in [4.69, 9.17) is 15.2 Å². The Morgan fingerprint density at radius 2 is 1.47 bits per heavy atom. The summed E-state index contributed by atoms with van der Waals surface area (Å²) in [7, 11) is 0. The molecular formula is C15H32N2O2. The second-order valence-electron chi connectivity index (χ2n) is 5.59. The topological polar surface area (TPSA) is 47.7 Å². The van der Waals surface area contributed by atoms with E-state index in [1.807, 2.05) is 13.8 Å². The third-order valence-corrected chi connectivity index (χ3v) is 3.90. The van der Waals surface area contributed by atoms with Crippen LogP contribution in [0.2, 0.25) is 0 Å². The highest BCUT2D eigenvalue weighted by molar-refractivity contribution is 4.90. The number of hydrogen-bond acceptors (Lipinski definition) is 4. The lowest BCUT2D eigenvalue weighted by Gasteiger charge is -2.38. The number of nitrogens with zero attached hydrogens (tertiary/aromatic N) is 1. The molecule has 1 saturated carbocycles. The first-order valence-corrected chi connectivity index (χ1v) is 7.87. The van der Waals surface area contributed by atoms with Gasteiger partial charge in [-0.2, -0.15) is 0 Å². The molecule has 0 atom stereocenters. The Morgan fingerprint density at radius 3 is 1.95 bits per heavy atom. The standard InChI is InChI=1S/C15H32N2O2/c1-3-18-12-10-17(11-13-19-4-2)14-15(16)8-6-5-7-9-15/h3-14,16H2,1-2H3. The third kappa shape index (κ3) is 7.25. The van der Waals surface area contributed by atoms with Crippen molar-refractivity contribution in [3.63, 3.8) is 0 Å². The minimum Gasteiger partial charge on any atom is -0.380 e. The molecule has 0 aromatic heterocycles. The SMILES string of the molecule is CCOCCN(CCOCC)CC1(N)CCCCC1. The predicted octanol–water partition coefficient (Wildman–Crippen LogP) is 2.02. The van der Waals surface area contributed by atoms with Gasteiger partial charge in [-0.05, 0) is 26.7 Å². The molecule has 1 aliphatic carbocycles. The van der Waals surface area contributed by atoms with Gasteiger partial charge in [-0.25, -0.2) is 0 Å². The fraction of sp³-hybridized carbons (Fsp3) is 1.00. The summed E-state index contributed by atoms with van der Waals surface area (Å²) in [6, 6.07) is 0. The molecule has 1 aliphatic rings. The molecule has 1 rings (SSSR count). The molecule has 4 heteroatoms. The summed E-state index contributed by atoms with van der Waals surface area (Å²) in [5.41, 5.74) is 6.56. The molecule has 0 unspecified atom stereocenters. The molecule has 4 nitrogen and oxygen atoms in total. The van der Waals surface area contributed by atoms with Gasteiger partial charge in [-0.15, -0.1) is 0 Å². The average molecular weight is 272 g/mol. The molecule has 0 amide bonds. The average Bonchev–Trinajstić information content (AvgIpc) is 2.39. The van der Waals surface area contributed by atoms with Gasteiger partial charge < -0.3 is 15.2 Å². The van der Waals surface area contributed by atoms with Gasteiger partial charge in [-0.1, -0.05) is 19.3 Å². The Balaban J connectivity index is 2.36. The lowest BCUT2D eigenvalue weighted by molar-refractivity contribution is 0.0670. The van der Waals surface area contributed by atoms with Crippen LogP contribution < -0.4 is 5.73 Å². The molecular weight excluding hydrogens is 240 g/mol. The van der Waals surface area contributed by atoms with Crippen molar-refractivity contribution in [2.75, 3.05) is 46.1 Å². The fourth-order valence-electron chi connectivity index (χ4n) is 2.81. The van der Waals surface area contributed by atoms with Crippen LogP contribution in [0.5, 0.6) is 0 Å². The number of ether oxygens (including phenoxy) is 2. The molecule has 0 aromatic carbocycles. The molecule has 0 bridgehead atoms. The zero-order valence-electron chi connectivity index (χ0n) is 12.8. The molecule has 0 spiro atoms. The van der Waals surface area contributed by atoms with Gasteiger partial charge in [0.15, 0.2) is 0 Å². The smallest absolute Gasteiger partial charge is 0.0593 e. The van der Waals surface area contributed by atoms with Crippen molar-refractivity contribution < 1.29 is 9.47 Å².